The Bertz CT molecular complexity index is 373. The summed E-state index contributed by atoms with van der Waals surface area (Å²) in [6.07, 6.45) is 0. The van der Waals surface area contributed by atoms with Gasteiger partial charge in [-0.05, 0) is 5.56 Å². The lowest BCUT2D eigenvalue weighted by Crippen LogP contribution is -2.11. The van der Waals surface area contributed by atoms with Crippen molar-refractivity contribution in [2.75, 3.05) is 17.8 Å². The summed E-state index contributed by atoms with van der Waals surface area (Å²) >= 11 is 1.49. The molecule has 0 saturated carbocycles. The number of nitro benzene ring substituents is 1. The van der Waals surface area contributed by atoms with Gasteiger partial charge in [-0.25, -0.2) is 0 Å². The zero-order valence-corrected chi connectivity index (χ0v) is 9.37. The third-order valence-corrected chi connectivity index (χ3v) is 2.95. The Morgan fingerprint density at radius 1 is 1.56 bits per heavy atom. The largest absolute Gasteiger partial charge is 0.396 e. The highest BCUT2D eigenvalue weighted by molar-refractivity contribution is 7.98. The van der Waals surface area contributed by atoms with Gasteiger partial charge in [-0.15, -0.1) is 0 Å². The summed E-state index contributed by atoms with van der Waals surface area (Å²) in [5, 5.41) is 19.4. The average Bonchev–Trinajstić information content (AvgIpc) is 2.29. The molecule has 6 nitrogen and oxygen atoms in total. The van der Waals surface area contributed by atoms with Crippen molar-refractivity contribution in [3.8, 4) is 0 Å². The number of hydrogen-bond donors (Lipinski definition) is 3. The Morgan fingerprint density at radius 3 is 2.88 bits per heavy atom. The lowest BCUT2D eigenvalue weighted by Gasteiger charge is -2.08. The number of rotatable bonds is 6. The van der Waals surface area contributed by atoms with Crippen LogP contribution in [-0.4, -0.2) is 22.4 Å². The average molecular weight is 243 g/mol. The van der Waals surface area contributed by atoms with Crippen LogP contribution < -0.4 is 11.3 Å². The summed E-state index contributed by atoms with van der Waals surface area (Å²) in [6.45, 7) is 0.0883. The van der Waals surface area contributed by atoms with E-state index in [-0.39, 0.29) is 12.3 Å². The van der Waals surface area contributed by atoms with Crippen molar-refractivity contribution in [2.45, 2.75) is 5.75 Å². The first-order valence-corrected chi connectivity index (χ1v) is 5.77. The molecule has 1 aromatic carbocycles. The number of hydrogen-bond acceptors (Lipinski definition) is 6. The Hall–Kier alpha value is -1.31. The summed E-state index contributed by atoms with van der Waals surface area (Å²) in [4.78, 5) is 10.2. The molecule has 0 fully saturated rings. The van der Waals surface area contributed by atoms with Crippen molar-refractivity contribution in [2.24, 2.45) is 5.84 Å². The monoisotopic (exact) mass is 243 g/mol. The molecule has 0 aromatic heterocycles. The zero-order chi connectivity index (χ0) is 12.0. The predicted molar refractivity (Wildman–Crippen MR) is 64.2 cm³/mol. The highest BCUT2D eigenvalue weighted by Crippen LogP contribution is 2.29. The maximum atomic E-state index is 10.7. The Labute approximate surface area is 97.0 Å². The third kappa shape index (κ3) is 3.09. The second kappa shape index (κ2) is 6.31. The molecule has 0 heterocycles. The number of thioether (sulfide) groups is 1. The molecule has 0 spiro atoms. The number of nitrogens with one attached hydrogen (secondary N) is 1. The van der Waals surface area contributed by atoms with E-state index in [2.05, 4.69) is 5.43 Å². The summed E-state index contributed by atoms with van der Waals surface area (Å²) in [5.74, 6) is 6.44. The number of anilines is 1. The second-order valence-corrected chi connectivity index (χ2v) is 4.09. The van der Waals surface area contributed by atoms with E-state index in [4.69, 9.17) is 10.9 Å². The van der Waals surface area contributed by atoms with Crippen molar-refractivity contribution >= 4 is 23.1 Å². The number of hydrazine groups is 1. The van der Waals surface area contributed by atoms with Gasteiger partial charge in [0.15, 0.2) is 0 Å². The quantitative estimate of drug-likeness (QED) is 0.299. The van der Waals surface area contributed by atoms with Crippen LogP contribution in [0, 0.1) is 10.1 Å². The lowest BCUT2D eigenvalue weighted by atomic mass is 10.2. The molecular weight excluding hydrogens is 230 g/mol. The summed E-state index contributed by atoms with van der Waals surface area (Å²) in [6, 6.07) is 4.79. The summed E-state index contributed by atoms with van der Waals surface area (Å²) in [5.41, 5.74) is 3.41. The molecular formula is C9H13N3O3S. The van der Waals surface area contributed by atoms with Crippen LogP contribution >= 0.6 is 11.8 Å². The van der Waals surface area contributed by atoms with E-state index >= 15 is 0 Å². The molecule has 0 aliphatic rings. The van der Waals surface area contributed by atoms with Crippen molar-refractivity contribution in [1.29, 1.82) is 0 Å². The van der Waals surface area contributed by atoms with Gasteiger partial charge in [0.05, 0.1) is 11.5 Å². The molecule has 0 amide bonds. The summed E-state index contributed by atoms with van der Waals surface area (Å²) < 4.78 is 0. The normalized spacial score (nSPS) is 10.1. The number of nitrogens with zero attached hydrogens (tertiary/aromatic N) is 1. The van der Waals surface area contributed by atoms with E-state index in [1.54, 1.807) is 12.1 Å². The van der Waals surface area contributed by atoms with Gasteiger partial charge in [0.1, 0.15) is 5.69 Å². The van der Waals surface area contributed by atoms with Crippen LogP contribution in [0.4, 0.5) is 11.4 Å². The SMILES string of the molecule is NNc1c(CSCCO)cccc1[N+](=O)[O-]. The number of aliphatic hydroxyl groups is 1. The van der Waals surface area contributed by atoms with Crippen LogP contribution in [0.1, 0.15) is 5.56 Å². The molecule has 0 aliphatic heterocycles. The molecule has 0 aliphatic carbocycles. The molecule has 88 valence electrons. The van der Waals surface area contributed by atoms with Crippen molar-refractivity contribution in [1.82, 2.24) is 0 Å². The molecule has 7 heteroatoms. The standard InChI is InChI=1S/C9H13N3O3S/c10-11-9-7(6-16-5-4-13)2-1-3-8(9)12(14)15/h1-3,11,13H,4-6,10H2. The van der Waals surface area contributed by atoms with Gasteiger partial charge in [0, 0.05) is 17.6 Å². The van der Waals surface area contributed by atoms with E-state index in [9.17, 15) is 10.1 Å². The van der Waals surface area contributed by atoms with Crippen LogP contribution in [0.25, 0.3) is 0 Å². The summed E-state index contributed by atoms with van der Waals surface area (Å²) in [7, 11) is 0. The number of para-hydroxylation sites is 1. The fourth-order valence-electron chi connectivity index (χ4n) is 1.27. The molecule has 0 atom stereocenters. The number of nitrogens with two attached hydrogens (primary N) is 1. The molecule has 16 heavy (non-hydrogen) atoms. The van der Waals surface area contributed by atoms with Gasteiger partial charge in [0.2, 0.25) is 0 Å². The highest BCUT2D eigenvalue weighted by Gasteiger charge is 2.15. The van der Waals surface area contributed by atoms with Crippen LogP contribution in [-0.2, 0) is 5.75 Å². The van der Waals surface area contributed by atoms with Crippen LogP contribution in [0.15, 0.2) is 18.2 Å². The van der Waals surface area contributed by atoms with Gasteiger partial charge >= 0.3 is 0 Å². The number of benzene rings is 1. The van der Waals surface area contributed by atoms with E-state index in [0.717, 1.165) is 5.56 Å². The fraction of sp³-hybridized carbons (Fsp3) is 0.333. The third-order valence-electron chi connectivity index (χ3n) is 1.96. The Morgan fingerprint density at radius 2 is 2.31 bits per heavy atom. The molecule has 1 rings (SSSR count). The van der Waals surface area contributed by atoms with Crippen molar-refractivity contribution in [3.63, 3.8) is 0 Å². The van der Waals surface area contributed by atoms with Crippen LogP contribution in [0.3, 0.4) is 0 Å². The first-order valence-electron chi connectivity index (χ1n) is 4.62. The molecule has 0 bridgehead atoms. The molecule has 4 N–H and O–H groups in total. The molecule has 1 aromatic rings. The zero-order valence-electron chi connectivity index (χ0n) is 8.55. The number of aliphatic hydroxyl groups excluding tert-OH is 1. The molecule has 0 unspecified atom stereocenters. The highest BCUT2D eigenvalue weighted by atomic mass is 32.2. The topological polar surface area (TPSA) is 101 Å². The van der Waals surface area contributed by atoms with Gasteiger partial charge in [-0.3, -0.25) is 16.0 Å². The van der Waals surface area contributed by atoms with E-state index in [1.807, 2.05) is 0 Å². The van der Waals surface area contributed by atoms with E-state index in [0.29, 0.717) is 17.2 Å². The minimum Gasteiger partial charge on any atom is -0.396 e. The molecule has 0 radical (unpaired) electrons. The maximum absolute atomic E-state index is 10.7. The maximum Gasteiger partial charge on any atom is 0.293 e. The van der Waals surface area contributed by atoms with Gasteiger partial charge in [0.25, 0.3) is 5.69 Å². The fourth-order valence-corrected chi connectivity index (χ4v) is 2.01. The molecule has 0 saturated heterocycles. The number of nitrogen functional groups attached to an aromatic ring is 1. The Balaban J connectivity index is 2.90. The minimum absolute atomic E-state index is 0.0374. The minimum atomic E-state index is -0.477. The smallest absolute Gasteiger partial charge is 0.293 e. The predicted octanol–water partition coefficient (Wildman–Crippen LogP) is 1.11. The van der Waals surface area contributed by atoms with Gasteiger partial charge in [-0.1, -0.05) is 12.1 Å². The first-order chi connectivity index (χ1) is 7.70. The van der Waals surface area contributed by atoms with Crippen molar-refractivity contribution < 1.29 is 10.0 Å². The first kappa shape index (κ1) is 12.8. The van der Waals surface area contributed by atoms with Crippen LogP contribution in [0.2, 0.25) is 0 Å². The second-order valence-electron chi connectivity index (χ2n) is 2.99. The van der Waals surface area contributed by atoms with Gasteiger partial charge < -0.3 is 10.5 Å². The van der Waals surface area contributed by atoms with E-state index in [1.165, 1.54) is 17.8 Å². The number of nitro groups is 1. The lowest BCUT2D eigenvalue weighted by molar-refractivity contribution is -0.384. The van der Waals surface area contributed by atoms with Crippen LogP contribution in [0.5, 0.6) is 0 Å². The Kier molecular flexibility index (Phi) is 5.03. The van der Waals surface area contributed by atoms with Crippen molar-refractivity contribution in [3.05, 3.63) is 33.9 Å². The van der Waals surface area contributed by atoms with Gasteiger partial charge in [-0.2, -0.15) is 11.8 Å². The van der Waals surface area contributed by atoms with E-state index < -0.39 is 4.92 Å².